The quantitative estimate of drug-likeness (QED) is 0.430. The minimum absolute atomic E-state index is 0. The molecule has 0 atom stereocenters. The summed E-state index contributed by atoms with van der Waals surface area (Å²) in [6.07, 6.45) is 3.39. The van der Waals surface area contributed by atoms with Crippen LogP contribution in [0, 0.1) is 3.57 Å². The zero-order valence-electron chi connectivity index (χ0n) is 9.80. The second kappa shape index (κ2) is 10.6. The van der Waals surface area contributed by atoms with Gasteiger partial charge in [-0.1, -0.05) is 25.1 Å². The molecule has 0 fully saturated rings. The van der Waals surface area contributed by atoms with Crippen molar-refractivity contribution in [3.8, 4) is 0 Å². The summed E-state index contributed by atoms with van der Waals surface area (Å²) in [5.74, 6) is 0.371. The third-order valence-electron chi connectivity index (χ3n) is 2.25. The van der Waals surface area contributed by atoms with Crippen molar-refractivity contribution in [2.75, 3.05) is 0 Å². The van der Waals surface area contributed by atoms with E-state index in [-0.39, 0.29) is 31.3 Å². The molecule has 16 heavy (non-hydrogen) atoms. The van der Waals surface area contributed by atoms with Crippen molar-refractivity contribution in [2.24, 2.45) is 0 Å². The summed E-state index contributed by atoms with van der Waals surface area (Å²) in [5, 5.41) is 0. The van der Waals surface area contributed by atoms with E-state index in [2.05, 4.69) is 40.8 Å². The van der Waals surface area contributed by atoms with Crippen molar-refractivity contribution >= 4 is 28.4 Å². The first-order chi connectivity index (χ1) is 6.74. The molecule has 84 valence electrons. The molecule has 0 spiro atoms. The number of carbonyl (C=O) groups excluding carboxylic acids is 1. The molecule has 0 saturated heterocycles. The average molecular weight is 345 g/mol. The number of hydrogen-bond donors (Lipinski definition) is 0. The van der Waals surface area contributed by atoms with E-state index in [1.54, 1.807) is 0 Å². The van der Waals surface area contributed by atoms with Crippen molar-refractivity contribution < 1.29 is 36.1 Å². The summed E-state index contributed by atoms with van der Waals surface area (Å²) < 4.78 is 1.30. The van der Waals surface area contributed by atoms with Gasteiger partial charge in [-0.05, 0) is 47.1 Å². The van der Waals surface area contributed by atoms with Gasteiger partial charge in [0.2, 0.25) is 0 Å². The van der Waals surface area contributed by atoms with Crippen molar-refractivity contribution in [1.29, 1.82) is 0 Å². The third-order valence-corrected chi connectivity index (χ3v) is 3.31. The first-order valence-electron chi connectivity index (χ1n) is 4.99. The fourth-order valence-corrected chi connectivity index (χ4v) is 2.01. The van der Waals surface area contributed by atoms with Gasteiger partial charge in [-0.2, -0.15) is 0 Å². The summed E-state index contributed by atoms with van der Waals surface area (Å²) in [4.78, 5) is 11.1. The Balaban J connectivity index is 0. The molecule has 0 amide bonds. The average Bonchev–Trinajstić information content (AvgIpc) is 2.20. The first-order valence-corrected chi connectivity index (χ1v) is 6.07. The number of benzene rings is 1. The van der Waals surface area contributed by atoms with E-state index in [0.717, 1.165) is 19.3 Å². The van der Waals surface area contributed by atoms with E-state index < -0.39 is 0 Å². The Morgan fingerprint density at radius 2 is 1.94 bits per heavy atom. The van der Waals surface area contributed by atoms with Gasteiger partial charge in [-0.3, -0.25) is 4.79 Å². The van der Waals surface area contributed by atoms with E-state index in [9.17, 15) is 4.79 Å². The topological polar surface area (TPSA) is 17.1 Å². The molecule has 1 aromatic carbocycles. The van der Waals surface area contributed by atoms with Crippen molar-refractivity contribution in [2.45, 2.75) is 32.6 Å². The van der Waals surface area contributed by atoms with Crippen molar-refractivity contribution in [3.63, 3.8) is 0 Å². The van der Waals surface area contributed by atoms with Crippen LogP contribution < -0.4 is 31.3 Å². The molecular weight excluding hydrogens is 329 g/mol. The van der Waals surface area contributed by atoms with Gasteiger partial charge in [0.15, 0.2) is 0 Å². The SMILES string of the molecule is CCC(=O)CCCc1ccccc1I.[Cl-].[Li+]. The summed E-state index contributed by atoms with van der Waals surface area (Å²) in [6, 6.07) is 8.34. The molecule has 0 heterocycles. The zero-order valence-corrected chi connectivity index (χ0v) is 12.7. The molecule has 1 rings (SSSR count). The molecular formula is C12H15ClILiO. The molecule has 0 bridgehead atoms. The minimum atomic E-state index is 0. The monoisotopic (exact) mass is 344 g/mol. The molecule has 0 unspecified atom stereocenters. The number of aryl methyl sites for hydroxylation is 1. The molecule has 0 aliphatic carbocycles. The van der Waals surface area contributed by atoms with E-state index in [4.69, 9.17) is 0 Å². The molecule has 0 aliphatic heterocycles. The Labute approximate surface area is 129 Å². The van der Waals surface area contributed by atoms with Gasteiger partial charge in [0.25, 0.3) is 0 Å². The number of carbonyl (C=O) groups is 1. The van der Waals surface area contributed by atoms with Gasteiger partial charge in [0.1, 0.15) is 5.78 Å². The van der Waals surface area contributed by atoms with Crippen LogP contribution in [-0.2, 0) is 11.2 Å². The Hall–Kier alpha value is 0.507. The molecule has 1 aromatic rings. The molecule has 1 nitrogen and oxygen atoms in total. The smallest absolute Gasteiger partial charge is 1.00 e. The van der Waals surface area contributed by atoms with Crippen LogP contribution in [0.1, 0.15) is 31.7 Å². The molecule has 0 aliphatic rings. The number of halogens is 2. The van der Waals surface area contributed by atoms with Gasteiger partial charge in [0, 0.05) is 16.4 Å². The number of hydrogen-bond acceptors (Lipinski definition) is 1. The Kier molecular flexibility index (Phi) is 12.6. The van der Waals surface area contributed by atoms with Gasteiger partial charge in [0.05, 0.1) is 0 Å². The van der Waals surface area contributed by atoms with Crippen LogP contribution in [-0.4, -0.2) is 5.78 Å². The molecule has 0 N–H and O–H groups in total. The maximum Gasteiger partial charge on any atom is 1.00 e. The molecule has 0 radical (unpaired) electrons. The maximum atomic E-state index is 11.1. The number of ketones is 1. The normalized spacial score (nSPS) is 8.88. The Morgan fingerprint density at radius 1 is 1.31 bits per heavy atom. The summed E-state index contributed by atoms with van der Waals surface area (Å²) in [7, 11) is 0. The van der Waals surface area contributed by atoms with Crippen molar-refractivity contribution in [1.82, 2.24) is 0 Å². The van der Waals surface area contributed by atoms with Crippen LogP contribution >= 0.6 is 22.6 Å². The number of rotatable bonds is 5. The van der Waals surface area contributed by atoms with Crippen molar-refractivity contribution in [3.05, 3.63) is 33.4 Å². The van der Waals surface area contributed by atoms with E-state index in [0.29, 0.717) is 12.2 Å². The van der Waals surface area contributed by atoms with Crippen LogP contribution in [0.5, 0.6) is 0 Å². The van der Waals surface area contributed by atoms with Crippen LogP contribution in [0.4, 0.5) is 0 Å². The fraction of sp³-hybridized carbons (Fsp3) is 0.417. The van der Waals surface area contributed by atoms with E-state index >= 15 is 0 Å². The summed E-state index contributed by atoms with van der Waals surface area (Å²) in [6.45, 7) is 1.93. The van der Waals surface area contributed by atoms with Crippen LogP contribution in [0.15, 0.2) is 24.3 Å². The zero-order chi connectivity index (χ0) is 10.4. The maximum absolute atomic E-state index is 11.1. The Bertz CT molecular complexity index is 318. The molecule has 0 saturated carbocycles. The third kappa shape index (κ3) is 6.96. The van der Waals surface area contributed by atoms with E-state index in [1.165, 1.54) is 9.13 Å². The van der Waals surface area contributed by atoms with Gasteiger partial charge >= 0.3 is 18.9 Å². The predicted molar refractivity (Wildman–Crippen MR) is 67.4 cm³/mol. The fourth-order valence-electron chi connectivity index (χ4n) is 1.35. The second-order valence-electron chi connectivity index (χ2n) is 3.34. The largest absolute Gasteiger partial charge is 1.00 e. The molecule has 4 heteroatoms. The van der Waals surface area contributed by atoms with Crippen LogP contribution in [0.25, 0.3) is 0 Å². The van der Waals surface area contributed by atoms with Crippen LogP contribution in [0.2, 0.25) is 0 Å². The Morgan fingerprint density at radius 3 is 2.50 bits per heavy atom. The standard InChI is InChI=1S/C12H15IO.ClH.Li/c1-2-11(14)8-5-7-10-6-3-4-9-12(10)13;;/h3-4,6,9H,2,5,7-8H2,1H3;1H;/q;;+1/p-1. The van der Waals surface area contributed by atoms with E-state index in [1.807, 2.05) is 13.0 Å². The minimum Gasteiger partial charge on any atom is -1.00 e. The van der Waals surface area contributed by atoms with Gasteiger partial charge in [-0.25, -0.2) is 0 Å². The van der Waals surface area contributed by atoms with Crippen LogP contribution in [0.3, 0.4) is 0 Å². The summed E-state index contributed by atoms with van der Waals surface area (Å²) >= 11 is 2.34. The second-order valence-corrected chi connectivity index (χ2v) is 4.50. The summed E-state index contributed by atoms with van der Waals surface area (Å²) in [5.41, 5.74) is 1.36. The van der Waals surface area contributed by atoms with Gasteiger partial charge in [-0.15, -0.1) is 0 Å². The predicted octanol–water partition coefficient (Wildman–Crippen LogP) is -2.40. The first kappa shape index (κ1) is 18.9. The number of Topliss-reactive ketones (excluding diaryl/α,β-unsaturated/α-hetero) is 1. The van der Waals surface area contributed by atoms with Gasteiger partial charge < -0.3 is 12.4 Å². The molecule has 0 aromatic heterocycles.